The third-order valence-corrected chi connectivity index (χ3v) is 3.72. The number of nitrogens with zero attached hydrogens (tertiary/aromatic N) is 1. The van der Waals surface area contributed by atoms with Crippen molar-refractivity contribution in [3.05, 3.63) is 33.8 Å². The van der Waals surface area contributed by atoms with Crippen LogP contribution in [0.4, 0.5) is 5.69 Å². The second-order valence-electron chi connectivity index (χ2n) is 4.85. The zero-order chi connectivity index (χ0) is 13.9. The fourth-order valence-corrected chi connectivity index (χ4v) is 2.47. The highest BCUT2D eigenvalue weighted by Crippen LogP contribution is 2.27. The number of anilines is 1. The van der Waals surface area contributed by atoms with Crippen molar-refractivity contribution in [3.8, 4) is 11.5 Å². The van der Waals surface area contributed by atoms with E-state index in [1.165, 1.54) is 6.42 Å². The Balaban J connectivity index is 1.77. The second kappa shape index (κ2) is 5.68. The molecule has 1 aromatic heterocycles. The molecule has 6 nitrogen and oxygen atoms in total. The van der Waals surface area contributed by atoms with Crippen molar-refractivity contribution in [1.82, 2.24) is 15.5 Å². The van der Waals surface area contributed by atoms with E-state index in [-0.39, 0.29) is 5.89 Å². The van der Waals surface area contributed by atoms with Crippen LogP contribution in [0.15, 0.2) is 27.4 Å². The van der Waals surface area contributed by atoms with Gasteiger partial charge in [0.1, 0.15) is 0 Å². The highest BCUT2D eigenvalue weighted by atomic mass is 35.5. The lowest BCUT2D eigenvalue weighted by molar-refractivity contribution is 0.527. The maximum atomic E-state index is 11.0. The van der Waals surface area contributed by atoms with Crippen LogP contribution in [-0.2, 0) is 0 Å². The van der Waals surface area contributed by atoms with Crippen LogP contribution in [0.25, 0.3) is 11.5 Å². The summed E-state index contributed by atoms with van der Waals surface area (Å²) in [5.74, 6) is 0.303. The molecule has 1 aromatic carbocycles. The number of hydrogen-bond acceptors (Lipinski definition) is 5. The molecule has 3 rings (SSSR count). The molecule has 1 aliphatic rings. The maximum absolute atomic E-state index is 11.0. The van der Waals surface area contributed by atoms with Gasteiger partial charge in [-0.05, 0) is 43.6 Å². The number of benzene rings is 1. The Kier molecular flexibility index (Phi) is 3.75. The van der Waals surface area contributed by atoms with E-state index >= 15 is 0 Å². The number of aromatic nitrogens is 2. The van der Waals surface area contributed by atoms with Gasteiger partial charge in [-0.25, -0.2) is 9.89 Å². The standard InChI is InChI=1S/C13H15ClN4O2/c14-10-2-1-9(12-17-18-13(19)20-12)5-11(10)16-7-8-3-4-15-6-8/h1-2,5,8,15-16H,3-4,6-7H2,(H,18,19)/t8-/m1/s1. The van der Waals surface area contributed by atoms with E-state index in [2.05, 4.69) is 20.8 Å². The first-order valence-corrected chi connectivity index (χ1v) is 6.90. The van der Waals surface area contributed by atoms with Crippen LogP contribution in [0.3, 0.4) is 0 Å². The number of halogens is 1. The van der Waals surface area contributed by atoms with E-state index in [0.717, 1.165) is 25.3 Å². The van der Waals surface area contributed by atoms with E-state index in [0.29, 0.717) is 16.5 Å². The second-order valence-corrected chi connectivity index (χ2v) is 5.26. The normalized spacial score (nSPS) is 18.4. The summed E-state index contributed by atoms with van der Waals surface area (Å²) >= 11 is 6.18. The molecule has 0 saturated carbocycles. The van der Waals surface area contributed by atoms with Crippen LogP contribution >= 0.6 is 11.6 Å². The zero-order valence-electron chi connectivity index (χ0n) is 10.8. The molecule has 1 atom stereocenters. The van der Waals surface area contributed by atoms with Crippen LogP contribution in [0.2, 0.25) is 5.02 Å². The Morgan fingerprint density at radius 1 is 1.50 bits per heavy atom. The topological polar surface area (TPSA) is 83.0 Å². The van der Waals surface area contributed by atoms with Gasteiger partial charge in [0.15, 0.2) is 0 Å². The summed E-state index contributed by atoms with van der Waals surface area (Å²) in [7, 11) is 0. The number of hydrogen-bond donors (Lipinski definition) is 3. The lowest BCUT2D eigenvalue weighted by atomic mass is 10.1. The van der Waals surface area contributed by atoms with Gasteiger partial charge in [0.05, 0.1) is 10.7 Å². The predicted molar refractivity (Wildman–Crippen MR) is 77.0 cm³/mol. The van der Waals surface area contributed by atoms with Crippen LogP contribution in [0.5, 0.6) is 0 Å². The molecule has 0 unspecified atom stereocenters. The summed E-state index contributed by atoms with van der Waals surface area (Å²) in [6.07, 6.45) is 1.17. The van der Waals surface area contributed by atoms with E-state index in [4.69, 9.17) is 16.0 Å². The van der Waals surface area contributed by atoms with Crippen molar-refractivity contribution in [2.45, 2.75) is 6.42 Å². The van der Waals surface area contributed by atoms with Gasteiger partial charge in [0, 0.05) is 12.1 Å². The van der Waals surface area contributed by atoms with Crippen molar-refractivity contribution in [1.29, 1.82) is 0 Å². The lowest BCUT2D eigenvalue weighted by Crippen LogP contribution is -2.17. The highest BCUT2D eigenvalue weighted by Gasteiger charge is 2.15. The van der Waals surface area contributed by atoms with E-state index < -0.39 is 5.76 Å². The molecule has 106 valence electrons. The van der Waals surface area contributed by atoms with Crippen molar-refractivity contribution in [2.75, 3.05) is 25.0 Å². The molecule has 0 spiro atoms. The number of aromatic amines is 1. The van der Waals surface area contributed by atoms with Crippen molar-refractivity contribution in [3.63, 3.8) is 0 Å². The van der Waals surface area contributed by atoms with Gasteiger partial charge in [-0.2, -0.15) is 0 Å². The first-order chi connectivity index (χ1) is 9.72. The number of H-pyrrole nitrogens is 1. The molecule has 1 aliphatic heterocycles. The van der Waals surface area contributed by atoms with Crippen molar-refractivity contribution < 1.29 is 4.42 Å². The third kappa shape index (κ3) is 2.86. The summed E-state index contributed by atoms with van der Waals surface area (Å²) < 4.78 is 4.94. The Bertz CT molecular complexity index is 646. The smallest absolute Gasteiger partial charge is 0.388 e. The molecule has 0 bridgehead atoms. The summed E-state index contributed by atoms with van der Waals surface area (Å²) in [6.45, 7) is 2.96. The summed E-state index contributed by atoms with van der Waals surface area (Å²) in [6, 6.07) is 5.37. The molecular weight excluding hydrogens is 280 g/mol. The van der Waals surface area contributed by atoms with Gasteiger partial charge in [0.2, 0.25) is 5.89 Å². The average molecular weight is 295 g/mol. The van der Waals surface area contributed by atoms with Crippen LogP contribution in [0, 0.1) is 5.92 Å². The van der Waals surface area contributed by atoms with Gasteiger partial charge in [0.25, 0.3) is 0 Å². The molecule has 20 heavy (non-hydrogen) atoms. The van der Waals surface area contributed by atoms with Crippen LogP contribution < -0.4 is 16.4 Å². The molecule has 0 amide bonds. The van der Waals surface area contributed by atoms with Gasteiger partial charge in [-0.3, -0.25) is 0 Å². The molecule has 3 N–H and O–H groups in total. The quantitative estimate of drug-likeness (QED) is 0.799. The molecule has 7 heteroatoms. The highest BCUT2D eigenvalue weighted by molar-refractivity contribution is 6.33. The fourth-order valence-electron chi connectivity index (χ4n) is 2.29. The minimum absolute atomic E-state index is 0.261. The van der Waals surface area contributed by atoms with E-state index in [1.807, 2.05) is 6.07 Å². The minimum Gasteiger partial charge on any atom is -0.388 e. The summed E-state index contributed by atoms with van der Waals surface area (Å²) in [5.41, 5.74) is 1.53. The zero-order valence-corrected chi connectivity index (χ0v) is 11.5. The SMILES string of the molecule is O=c1[nH]nc(-c2ccc(Cl)c(NC[C@@H]3CCNC3)c2)o1. The molecular formula is C13H15ClN4O2. The first kappa shape index (κ1) is 13.2. The van der Waals surface area contributed by atoms with Gasteiger partial charge >= 0.3 is 5.76 Å². The molecule has 0 aliphatic carbocycles. The maximum Gasteiger partial charge on any atom is 0.434 e. The summed E-state index contributed by atoms with van der Waals surface area (Å²) in [4.78, 5) is 11.0. The molecule has 1 fully saturated rings. The summed E-state index contributed by atoms with van der Waals surface area (Å²) in [5, 5.41) is 13.4. The number of rotatable bonds is 4. The van der Waals surface area contributed by atoms with Crippen LogP contribution in [-0.4, -0.2) is 29.8 Å². The fraction of sp³-hybridized carbons (Fsp3) is 0.385. The molecule has 2 heterocycles. The number of nitrogens with one attached hydrogen (secondary N) is 3. The van der Waals surface area contributed by atoms with Crippen molar-refractivity contribution >= 4 is 17.3 Å². The van der Waals surface area contributed by atoms with E-state index in [9.17, 15) is 4.79 Å². The van der Waals surface area contributed by atoms with Gasteiger partial charge in [-0.1, -0.05) is 11.6 Å². The Labute approximate surface area is 120 Å². The monoisotopic (exact) mass is 294 g/mol. The van der Waals surface area contributed by atoms with Gasteiger partial charge in [-0.15, -0.1) is 5.10 Å². The average Bonchev–Trinajstić information content (AvgIpc) is 3.09. The minimum atomic E-state index is -0.568. The molecule has 2 aromatic rings. The van der Waals surface area contributed by atoms with Crippen molar-refractivity contribution in [2.24, 2.45) is 5.92 Å². The van der Waals surface area contributed by atoms with Gasteiger partial charge < -0.3 is 15.1 Å². The largest absolute Gasteiger partial charge is 0.434 e. The predicted octanol–water partition coefficient (Wildman–Crippen LogP) is 1.70. The molecule has 0 radical (unpaired) electrons. The third-order valence-electron chi connectivity index (χ3n) is 3.39. The Morgan fingerprint density at radius 3 is 3.10 bits per heavy atom. The Morgan fingerprint density at radius 2 is 2.40 bits per heavy atom. The Hall–Kier alpha value is -1.79. The van der Waals surface area contributed by atoms with Crippen LogP contribution in [0.1, 0.15) is 6.42 Å². The molecule has 1 saturated heterocycles. The lowest BCUT2D eigenvalue weighted by Gasteiger charge is -2.13. The first-order valence-electron chi connectivity index (χ1n) is 6.52. The van der Waals surface area contributed by atoms with E-state index in [1.54, 1.807) is 12.1 Å².